The number of hydrogen-bond acceptors (Lipinski definition) is 8. The second-order valence-electron chi connectivity index (χ2n) is 6.74. The number of H-pyrrole nitrogens is 1. The van der Waals surface area contributed by atoms with Crippen LogP contribution in [0.4, 0.5) is 0 Å². The molecule has 29 heavy (non-hydrogen) atoms. The summed E-state index contributed by atoms with van der Waals surface area (Å²) < 4.78 is 5.66. The number of carbonyl (C=O) groups is 2. The van der Waals surface area contributed by atoms with Crippen LogP contribution in [0.25, 0.3) is 0 Å². The maximum Gasteiger partial charge on any atom is 0.451 e. The number of phenols is 1. The highest BCUT2D eigenvalue weighted by atomic mass is 16.5. The normalized spacial score (nSPS) is 14.9. The Kier molecular flexibility index (Phi) is 6.06. The number of nitrogens with two attached hydrogens (primary N) is 1. The predicted molar refractivity (Wildman–Crippen MR) is 100 cm³/mol. The number of nitrogens with zero attached hydrogens (tertiary/aromatic N) is 2. The van der Waals surface area contributed by atoms with Gasteiger partial charge in [0.15, 0.2) is 0 Å². The van der Waals surface area contributed by atoms with Crippen molar-refractivity contribution in [2.75, 3.05) is 13.1 Å². The summed E-state index contributed by atoms with van der Waals surface area (Å²) >= 11 is 0. The van der Waals surface area contributed by atoms with E-state index in [1.807, 2.05) is 0 Å². The van der Waals surface area contributed by atoms with Crippen molar-refractivity contribution in [1.29, 1.82) is 0 Å². The summed E-state index contributed by atoms with van der Waals surface area (Å²) in [5.41, 5.74) is 6.23. The van der Waals surface area contributed by atoms with Gasteiger partial charge < -0.3 is 40.6 Å². The van der Waals surface area contributed by atoms with Crippen molar-refractivity contribution < 1.29 is 34.6 Å². The number of carboxylic acids is 1. The number of imidazole rings is 1. The largest absolute Gasteiger partial charge is 0.507 e. The van der Waals surface area contributed by atoms with E-state index in [1.54, 1.807) is 0 Å². The summed E-state index contributed by atoms with van der Waals surface area (Å²) in [7, 11) is -1.56. The van der Waals surface area contributed by atoms with E-state index >= 15 is 0 Å². The van der Waals surface area contributed by atoms with Gasteiger partial charge in [-0.3, -0.25) is 4.79 Å². The van der Waals surface area contributed by atoms with Crippen molar-refractivity contribution in [3.05, 3.63) is 41.5 Å². The van der Waals surface area contributed by atoms with Gasteiger partial charge >= 0.3 is 13.1 Å². The van der Waals surface area contributed by atoms with Gasteiger partial charge in [0.1, 0.15) is 29.2 Å². The molecule has 0 unspecified atom stereocenters. The van der Waals surface area contributed by atoms with Crippen LogP contribution < -0.4 is 10.5 Å². The number of likely N-dealkylation sites (tertiary alicyclic amines) is 1. The van der Waals surface area contributed by atoms with E-state index < -0.39 is 36.5 Å². The number of hydrogen-bond donors (Lipinski definition) is 6. The quantitative estimate of drug-likeness (QED) is 0.304. The number of aromatic carboxylic acids is 1. The van der Waals surface area contributed by atoms with Crippen molar-refractivity contribution in [3.63, 3.8) is 0 Å². The van der Waals surface area contributed by atoms with E-state index in [9.17, 15) is 19.8 Å². The molecular formula is C17H21BN4O7. The van der Waals surface area contributed by atoms with E-state index in [1.165, 1.54) is 29.6 Å². The number of aromatic amines is 1. The number of carboxylic acid groups (broad SMARTS) is 1. The third kappa shape index (κ3) is 4.50. The SMILES string of the molecule is N[C@H](C(=O)N1CC(Oc2ccc(CCB(O)O)c(O)c2C(=O)O)C1)c1cnc[nH]1. The van der Waals surface area contributed by atoms with E-state index in [-0.39, 0.29) is 43.1 Å². The molecule has 1 fully saturated rings. The van der Waals surface area contributed by atoms with Gasteiger partial charge in [0.05, 0.1) is 31.3 Å². The maximum atomic E-state index is 12.3. The molecule has 1 saturated heterocycles. The standard InChI is InChI=1S/C17H21BN4O7/c19-14(11-5-20-8-21-11)16(24)22-6-10(7-22)29-12-2-1-9(3-4-18(27)28)15(23)13(12)17(25)26/h1-2,5,8,10,14,23,27-28H,3-4,6-7,19H2,(H,20,21)(H,25,26)/t14-/m0/s1. The van der Waals surface area contributed by atoms with E-state index in [4.69, 9.17) is 20.5 Å². The number of rotatable bonds is 8. The molecule has 0 saturated carbocycles. The lowest BCUT2D eigenvalue weighted by Crippen LogP contribution is -2.58. The zero-order valence-corrected chi connectivity index (χ0v) is 15.4. The minimum absolute atomic E-state index is 0.0294. The van der Waals surface area contributed by atoms with Gasteiger partial charge in [0.25, 0.3) is 0 Å². The van der Waals surface area contributed by atoms with Crippen molar-refractivity contribution in [2.45, 2.75) is 24.9 Å². The summed E-state index contributed by atoms with van der Waals surface area (Å²) in [4.78, 5) is 32.0. The van der Waals surface area contributed by atoms with Crippen LogP contribution in [0.1, 0.15) is 27.7 Å². The fraction of sp³-hybridized carbons (Fsp3) is 0.353. The van der Waals surface area contributed by atoms with Crippen LogP contribution in [0, 0.1) is 0 Å². The molecule has 0 bridgehead atoms. The molecule has 2 heterocycles. The molecule has 1 amide bonds. The summed E-state index contributed by atoms with van der Waals surface area (Å²) in [5, 5.41) is 37.6. The van der Waals surface area contributed by atoms with Crippen LogP contribution in [-0.4, -0.2) is 73.3 Å². The number of benzene rings is 1. The zero-order valence-electron chi connectivity index (χ0n) is 15.4. The second kappa shape index (κ2) is 8.51. The zero-order chi connectivity index (χ0) is 21.1. The van der Waals surface area contributed by atoms with Gasteiger partial charge in [-0.1, -0.05) is 6.07 Å². The number of amides is 1. The van der Waals surface area contributed by atoms with Gasteiger partial charge in [-0.2, -0.15) is 0 Å². The molecule has 0 spiro atoms. The minimum atomic E-state index is -1.56. The number of nitrogens with one attached hydrogen (secondary N) is 1. The number of ether oxygens (including phenoxy) is 1. The Hall–Kier alpha value is -3.09. The van der Waals surface area contributed by atoms with E-state index in [0.29, 0.717) is 5.69 Å². The topological polar surface area (TPSA) is 182 Å². The van der Waals surface area contributed by atoms with Crippen LogP contribution in [-0.2, 0) is 11.2 Å². The molecular weight excluding hydrogens is 383 g/mol. The first-order valence-electron chi connectivity index (χ1n) is 8.91. The predicted octanol–water partition coefficient (Wildman–Crippen LogP) is -0.882. The Balaban J connectivity index is 1.64. The minimum Gasteiger partial charge on any atom is -0.507 e. The average molecular weight is 404 g/mol. The Bertz CT molecular complexity index is 884. The molecule has 11 nitrogen and oxygen atoms in total. The molecule has 1 aromatic heterocycles. The first-order valence-corrected chi connectivity index (χ1v) is 8.91. The number of aromatic hydroxyl groups is 1. The third-order valence-corrected chi connectivity index (χ3v) is 4.68. The second-order valence-corrected chi connectivity index (χ2v) is 6.74. The fourth-order valence-corrected chi connectivity index (χ4v) is 3.05. The Morgan fingerprint density at radius 3 is 2.69 bits per heavy atom. The van der Waals surface area contributed by atoms with Crippen LogP contribution in [0.15, 0.2) is 24.7 Å². The lowest BCUT2D eigenvalue weighted by atomic mass is 9.82. The molecule has 1 atom stereocenters. The molecule has 1 aliphatic rings. The Morgan fingerprint density at radius 1 is 1.38 bits per heavy atom. The average Bonchev–Trinajstić information content (AvgIpc) is 3.16. The molecule has 1 aliphatic heterocycles. The van der Waals surface area contributed by atoms with Crippen molar-refractivity contribution in [3.8, 4) is 11.5 Å². The number of carbonyl (C=O) groups excluding carboxylic acids is 1. The fourth-order valence-electron chi connectivity index (χ4n) is 3.05. The number of aryl methyl sites for hydroxylation is 1. The first-order chi connectivity index (χ1) is 13.8. The van der Waals surface area contributed by atoms with Crippen molar-refractivity contribution in [1.82, 2.24) is 14.9 Å². The molecule has 0 radical (unpaired) electrons. The monoisotopic (exact) mass is 404 g/mol. The molecule has 1 aromatic carbocycles. The lowest BCUT2D eigenvalue weighted by Gasteiger charge is -2.40. The molecule has 154 valence electrons. The van der Waals surface area contributed by atoms with Gasteiger partial charge in [-0.15, -0.1) is 0 Å². The van der Waals surface area contributed by atoms with Crippen LogP contribution >= 0.6 is 0 Å². The van der Waals surface area contributed by atoms with Crippen LogP contribution in [0.3, 0.4) is 0 Å². The highest BCUT2D eigenvalue weighted by Gasteiger charge is 2.36. The Morgan fingerprint density at radius 2 is 2.10 bits per heavy atom. The molecule has 7 N–H and O–H groups in total. The van der Waals surface area contributed by atoms with E-state index in [2.05, 4.69) is 9.97 Å². The summed E-state index contributed by atoms with van der Waals surface area (Å²) in [5.74, 6) is -2.20. The van der Waals surface area contributed by atoms with Gasteiger partial charge in [-0.25, -0.2) is 9.78 Å². The summed E-state index contributed by atoms with van der Waals surface area (Å²) in [6.45, 7) is 0.442. The summed E-state index contributed by atoms with van der Waals surface area (Å²) in [6, 6.07) is 2.00. The molecule has 0 aliphatic carbocycles. The molecule has 2 aromatic rings. The van der Waals surface area contributed by atoms with Crippen molar-refractivity contribution >= 4 is 19.0 Å². The number of aromatic nitrogens is 2. The first kappa shape index (κ1) is 20.6. The van der Waals surface area contributed by atoms with E-state index in [0.717, 1.165) is 0 Å². The van der Waals surface area contributed by atoms with Gasteiger partial charge in [0, 0.05) is 0 Å². The summed E-state index contributed by atoms with van der Waals surface area (Å²) in [6.07, 6.45) is 2.48. The molecule has 3 rings (SSSR count). The highest BCUT2D eigenvalue weighted by Crippen LogP contribution is 2.34. The highest BCUT2D eigenvalue weighted by molar-refractivity contribution is 6.41. The Labute approximate surface area is 165 Å². The third-order valence-electron chi connectivity index (χ3n) is 4.68. The van der Waals surface area contributed by atoms with Gasteiger partial charge in [-0.05, 0) is 24.4 Å². The van der Waals surface area contributed by atoms with Crippen LogP contribution in [0.2, 0.25) is 6.32 Å². The molecule has 12 heteroatoms. The van der Waals surface area contributed by atoms with Crippen LogP contribution in [0.5, 0.6) is 11.5 Å². The smallest absolute Gasteiger partial charge is 0.451 e. The lowest BCUT2D eigenvalue weighted by molar-refractivity contribution is -0.141. The van der Waals surface area contributed by atoms with Crippen molar-refractivity contribution in [2.24, 2.45) is 5.73 Å². The maximum absolute atomic E-state index is 12.3. The van der Waals surface area contributed by atoms with Gasteiger partial charge in [0.2, 0.25) is 5.91 Å².